The van der Waals surface area contributed by atoms with Crippen molar-refractivity contribution >= 4 is 17.8 Å². The van der Waals surface area contributed by atoms with Crippen molar-refractivity contribution in [2.24, 2.45) is 11.8 Å². The molecule has 0 aromatic heterocycles. The van der Waals surface area contributed by atoms with E-state index in [-0.39, 0.29) is 23.8 Å². The third-order valence-electron chi connectivity index (χ3n) is 5.48. The number of rotatable bonds is 5. The van der Waals surface area contributed by atoms with Crippen LogP contribution in [-0.4, -0.2) is 54.0 Å². The summed E-state index contributed by atoms with van der Waals surface area (Å²) in [5.41, 5.74) is -0.868. The zero-order valence-electron chi connectivity index (χ0n) is 13.9. The summed E-state index contributed by atoms with van der Waals surface area (Å²) < 4.78 is 0. The van der Waals surface area contributed by atoms with Gasteiger partial charge >= 0.3 is 6.03 Å². The molecule has 7 nitrogen and oxygen atoms in total. The van der Waals surface area contributed by atoms with Crippen molar-refractivity contribution in [1.82, 2.24) is 20.9 Å². The minimum Gasteiger partial charge on any atom is -0.352 e. The summed E-state index contributed by atoms with van der Waals surface area (Å²) in [5.74, 6) is 0.456. The van der Waals surface area contributed by atoms with Gasteiger partial charge in [0.1, 0.15) is 5.54 Å². The lowest BCUT2D eigenvalue weighted by atomic mass is 9.80. The van der Waals surface area contributed by atoms with Gasteiger partial charge in [-0.15, -0.1) is 0 Å². The second-order valence-corrected chi connectivity index (χ2v) is 7.38. The zero-order valence-corrected chi connectivity index (χ0v) is 13.9. The van der Waals surface area contributed by atoms with Crippen molar-refractivity contribution in [3.63, 3.8) is 0 Å². The highest BCUT2D eigenvalue weighted by atomic mass is 16.2. The molecule has 0 bridgehead atoms. The molecule has 3 fully saturated rings. The molecule has 0 aromatic carbocycles. The Morgan fingerprint density at radius 1 is 1.39 bits per heavy atom. The Balaban J connectivity index is 1.54. The molecule has 1 aliphatic carbocycles. The van der Waals surface area contributed by atoms with Gasteiger partial charge in [-0.1, -0.05) is 0 Å². The van der Waals surface area contributed by atoms with Crippen LogP contribution in [0.5, 0.6) is 0 Å². The van der Waals surface area contributed by atoms with E-state index in [2.05, 4.69) is 27.8 Å². The normalized spacial score (nSPS) is 33.0. The van der Waals surface area contributed by atoms with Crippen LogP contribution in [0.25, 0.3) is 0 Å². The molecule has 2 saturated heterocycles. The Morgan fingerprint density at radius 2 is 2.13 bits per heavy atom. The predicted molar refractivity (Wildman–Crippen MR) is 84.6 cm³/mol. The number of nitrogens with zero attached hydrogens (tertiary/aromatic N) is 1. The number of carbonyl (C=O) groups is 3. The van der Waals surface area contributed by atoms with Gasteiger partial charge in [0.2, 0.25) is 5.91 Å². The molecular formula is C16H26N4O3. The summed E-state index contributed by atoms with van der Waals surface area (Å²) in [6.45, 7) is 5.70. The highest BCUT2D eigenvalue weighted by molar-refractivity contribution is 6.07. The quantitative estimate of drug-likeness (QED) is 0.631. The molecule has 3 aliphatic rings. The number of nitrogens with one attached hydrogen (secondary N) is 3. The van der Waals surface area contributed by atoms with Crippen LogP contribution in [0.3, 0.4) is 0 Å². The third kappa shape index (κ3) is 3.49. The molecule has 128 valence electrons. The van der Waals surface area contributed by atoms with Crippen LogP contribution in [0.2, 0.25) is 0 Å². The topological polar surface area (TPSA) is 90.5 Å². The molecule has 3 atom stereocenters. The highest BCUT2D eigenvalue weighted by Gasteiger charge is 2.49. The van der Waals surface area contributed by atoms with E-state index in [0.29, 0.717) is 19.0 Å². The summed E-state index contributed by atoms with van der Waals surface area (Å²) in [4.78, 5) is 37.8. The molecule has 4 amide bonds. The molecule has 3 unspecified atom stereocenters. The maximum absolute atomic E-state index is 12.2. The van der Waals surface area contributed by atoms with E-state index in [1.54, 1.807) is 6.92 Å². The number of hydrogen-bond donors (Lipinski definition) is 3. The Labute approximate surface area is 136 Å². The molecule has 3 rings (SSSR count). The van der Waals surface area contributed by atoms with Crippen LogP contribution < -0.4 is 16.0 Å². The molecule has 0 spiro atoms. The standard InChI is InChI=1S/C16H26N4O3/c1-10(11-5-6-11)17-13(21)9-20-7-3-4-12(8-20)16(2)14(22)18-15(23)19-16/h10-12H,3-9H2,1-2H3,(H,17,21)(H2,18,19,22,23). The summed E-state index contributed by atoms with van der Waals surface area (Å²) in [5, 5.41) is 8.14. The fourth-order valence-electron chi connectivity index (χ4n) is 3.73. The smallest absolute Gasteiger partial charge is 0.322 e. The monoisotopic (exact) mass is 322 g/mol. The summed E-state index contributed by atoms with van der Waals surface area (Å²) in [6.07, 6.45) is 4.22. The van der Waals surface area contributed by atoms with Crippen LogP contribution in [0.15, 0.2) is 0 Å². The Kier molecular flexibility index (Phi) is 4.31. The predicted octanol–water partition coefficient (Wildman–Crippen LogP) is 0.211. The SMILES string of the molecule is CC(NC(=O)CN1CCCC(C2(C)NC(=O)NC2=O)C1)C1CC1. The van der Waals surface area contributed by atoms with Gasteiger partial charge in [-0.3, -0.25) is 19.8 Å². The molecule has 1 saturated carbocycles. The second kappa shape index (κ2) is 6.11. The maximum atomic E-state index is 12.2. The van der Waals surface area contributed by atoms with Crippen LogP contribution in [-0.2, 0) is 9.59 Å². The van der Waals surface area contributed by atoms with Gasteiger partial charge in [0, 0.05) is 18.5 Å². The van der Waals surface area contributed by atoms with Crippen molar-refractivity contribution in [3.8, 4) is 0 Å². The molecule has 3 N–H and O–H groups in total. The van der Waals surface area contributed by atoms with Gasteiger partial charge in [-0.05, 0) is 52.0 Å². The van der Waals surface area contributed by atoms with Gasteiger partial charge in [0.25, 0.3) is 5.91 Å². The van der Waals surface area contributed by atoms with E-state index in [0.717, 1.165) is 19.4 Å². The van der Waals surface area contributed by atoms with Crippen LogP contribution >= 0.6 is 0 Å². The second-order valence-electron chi connectivity index (χ2n) is 7.38. The molecule has 2 aliphatic heterocycles. The first-order valence-corrected chi connectivity index (χ1v) is 8.54. The Bertz CT molecular complexity index is 519. The van der Waals surface area contributed by atoms with E-state index in [1.165, 1.54) is 12.8 Å². The van der Waals surface area contributed by atoms with Crippen molar-refractivity contribution < 1.29 is 14.4 Å². The van der Waals surface area contributed by atoms with Gasteiger partial charge < -0.3 is 10.6 Å². The van der Waals surface area contributed by atoms with Crippen molar-refractivity contribution in [2.45, 2.75) is 51.1 Å². The van der Waals surface area contributed by atoms with Gasteiger partial charge in [-0.25, -0.2) is 4.79 Å². The number of likely N-dealkylation sites (tertiary alicyclic amines) is 1. The van der Waals surface area contributed by atoms with Gasteiger partial charge in [0.05, 0.1) is 6.54 Å². The average molecular weight is 322 g/mol. The van der Waals surface area contributed by atoms with E-state index < -0.39 is 11.6 Å². The molecule has 0 aromatic rings. The molecule has 23 heavy (non-hydrogen) atoms. The minimum absolute atomic E-state index is 0.0244. The van der Waals surface area contributed by atoms with E-state index in [1.807, 2.05) is 0 Å². The van der Waals surface area contributed by atoms with Crippen molar-refractivity contribution in [3.05, 3.63) is 0 Å². The van der Waals surface area contributed by atoms with Crippen LogP contribution in [0.1, 0.15) is 39.5 Å². The minimum atomic E-state index is -0.868. The number of piperidine rings is 1. The highest BCUT2D eigenvalue weighted by Crippen LogP contribution is 2.32. The molecule has 2 heterocycles. The summed E-state index contributed by atoms with van der Waals surface area (Å²) >= 11 is 0. The van der Waals surface area contributed by atoms with Gasteiger partial charge in [0.15, 0.2) is 0 Å². The summed E-state index contributed by atoms with van der Waals surface area (Å²) in [7, 11) is 0. The fourth-order valence-corrected chi connectivity index (χ4v) is 3.73. The number of amides is 4. The largest absolute Gasteiger partial charge is 0.352 e. The van der Waals surface area contributed by atoms with E-state index in [4.69, 9.17) is 0 Å². The van der Waals surface area contributed by atoms with E-state index >= 15 is 0 Å². The lowest BCUT2D eigenvalue weighted by Gasteiger charge is -2.39. The third-order valence-corrected chi connectivity index (χ3v) is 5.48. The van der Waals surface area contributed by atoms with Crippen LogP contribution in [0, 0.1) is 11.8 Å². The van der Waals surface area contributed by atoms with Crippen LogP contribution in [0.4, 0.5) is 4.79 Å². The Morgan fingerprint density at radius 3 is 2.74 bits per heavy atom. The first-order valence-electron chi connectivity index (χ1n) is 8.54. The first-order chi connectivity index (χ1) is 10.9. The number of urea groups is 1. The van der Waals surface area contributed by atoms with Crippen molar-refractivity contribution in [2.75, 3.05) is 19.6 Å². The lowest BCUT2D eigenvalue weighted by molar-refractivity contribution is -0.126. The van der Waals surface area contributed by atoms with E-state index in [9.17, 15) is 14.4 Å². The molecule has 7 heteroatoms. The average Bonchev–Trinajstić information content (AvgIpc) is 3.27. The van der Waals surface area contributed by atoms with Gasteiger partial charge in [-0.2, -0.15) is 0 Å². The first kappa shape index (κ1) is 16.2. The number of hydrogen-bond acceptors (Lipinski definition) is 4. The fraction of sp³-hybridized carbons (Fsp3) is 0.812. The Hall–Kier alpha value is -1.63. The van der Waals surface area contributed by atoms with Crippen molar-refractivity contribution in [1.29, 1.82) is 0 Å². The zero-order chi connectivity index (χ0) is 16.6. The number of imide groups is 1. The lowest BCUT2D eigenvalue weighted by Crippen LogP contribution is -2.56. The molecule has 0 radical (unpaired) electrons. The maximum Gasteiger partial charge on any atom is 0.322 e. The summed E-state index contributed by atoms with van der Waals surface area (Å²) in [6, 6.07) is -0.175. The molecular weight excluding hydrogens is 296 g/mol. The number of carbonyl (C=O) groups excluding carboxylic acids is 3.